The lowest BCUT2D eigenvalue weighted by atomic mass is 11.0. The zero-order chi connectivity index (χ0) is 13.8. The highest BCUT2D eigenvalue weighted by molar-refractivity contribution is 7.81. The van der Waals surface area contributed by atoms with Crippen LogP contribution in [0.15, 0.2) is 12.1 Å². The normalized spacial score (nSPS) is 9.00. The van der Waals surface area contributed by atoms with E-state index in [9.17, 15) is 34.1 Å². The molecule has 0 aromatic carbocycles. The third-order valence-electron chi connectivity index (χ3n) is 0.330. The highest BCUT2D eigenvalue weighted by Crippen LogP contribution is 2.09. The second-order valence-electron chi connectivity index (χ2n) is 1.27. The summed E-state index contributed by atoms with van der Waals surface area (Å²) in [5.41, 5.74) is 0. The van der Waals surface area contributed by atoms with Crippen LogP contribution < -0.4 is 0 Å². The molecule has 12 heteroatoms. The van der Waals surface area contributed by atoms with E-state index in [0.29, 0.717) is 0 Å². The van der Waals surface area contributed by atoms with Gasteiger partial charge in [-0.1, -0.05) is 7.77 Å². The molecule has 0 heterocycles. The Morgan fingerprint density at radius 3 is 1.31 bits per heavy atom. The summed E-state index contributed by atoms with van der Waals surface area (Å²) in [6, 6.07) is -2.16. The fraction of sp³-hybridized carbons (Fsp3) is 0.500. The van der Waals surface area contributed by atoms with Gasteiger partial charge in [-0.15, -0.1) is 0 Å². The molecule has 0 aliphatic carbocycles. The largest absolute Gasteiger partial charge is 0.476 e. The first-order valence-corrected chi connectivity index (χ1v) is 4.04. The van der Waals surface area contributed by atoms with Gasteiger partial charge in [0.2, 0.25) is 13.8 Å². The minimum absolute atomic E-state index is 1.58. The molecule has 0 aromatic rings. The van der Waals surface area contributed by atoms with Crippen LogP contribution in [-0.4, -0.2) is 22.2 Å². The molecular formula is C4H4F8O3S. The molecule has 0 amide bonds. The van der Waals surface area contributed by atoms with Gasteiger partial charge in [0.25, 0.3) is 0 Å². The SMILES string of the molecule is FCF.FCOC(F)=C(F)F.O=S(=O)(F)F. The van der Waals surface area contributed by atoms with Gasteiger partial charge < -0.3 is 4.74 Å². The van der Waals surface area contributed by atoms with Crippen LogP contribution >= 0.6 is 0 Å². The molecule has 0 aliphatic rings. The standard InChI is InChI=1S/C3H2F4O.CH2F2.F2O2S/c4-1-8-3(7)2(5)6;2-1-3;1-5(2,3)4/h1H2;1H2;. The van der Waals surface area contributed by atoms with Crippen molar-refractivity contribution in [2.75, 3.05) is 13.8 Å². The maximum absolute atomic E-state index is 11.2. The molecule has 0 spiro atoms. The van der Waals surface area contributed by atoms with E-state index in [1.165, 1.54) is 0 Å². The molecule has 0 saturated heterocycles. The first kappa shape index (κ1) is 20.4. The molecule has 0 rings (SSSR count). The first-order valence-electron chi connectivity index (χ1n) is 2.75. The van der Waals surface area contributed by atoms with Crippen molar-refractivity contribution in [3.05, 3.63) is 12.1 Å². The van der Waals surface area contributed by atoms with Crippen LogP contribution in [-0.2, 0) is 15.3 Å². The number of rotatable bonds is 2. The van der Waals surface area contributed by atoms with E-state index < -0.39 is 36.5 Å². The topological polar surface area (TPSA) is 43.4 Å². The van der Waals surface area contributed by atoms with Crippen LogP contribution in [0.25, 0.3) is 0 Å². The van der Waals surface area contributed by atoms with Crippen molar-refractivity contribution in [1.29, 1.82) is 0 Å². The molecule has 0 aromatic heterocycles. The number of alkyl halides is 3. The molecule has 0 saturated carbocycles. The minimum atomic E-state index is -5.67. The quantitative estimate of drug-likeness (QED) is 0.445. The zero-order valence-electron chi connectivity index (χ0n) is 7.07. The summed E-state index contributed by atoms with van der Waals surface area (Å²) in [6.07, 6.45) is -2.65. The van der Waals surface area contributed by atoms with E-state index in [0.717, 1.165) is 0 Å². The van der Waals surface area contributed by atoms with Gasteiger partial charge in [-0.25, -0.2) is 13.2 Å². The molecule has 0 aliphatic heterocycles. The Hall–Kier alpha value is -1.07. The summed E-state index contributed by atoms with van der Waals surface area (Å²) in [4.78, 5) is 0. The van der Waals surface area contributed by atoms with E-state index in [4.69, 9.17) is 8.42 Å². The number of halogens is 8. The molecule has 16 heavy (non-hydrogen) atoms. The second-order valence-corrected chi connectivity index (χ2v) is 2.02. The van der Waals surface area contributed by atoms with Crippen molar-refractivity contribution in [2.45, 2.75) is 0 Å². The Morgan fingerprint density at radius 2 is 1.25 bits per heavy atom. The summed E-state index contributed by atoms with van der Waals surface area (Å²) >= 11 is 0. The van der Waals surface area contributed by atoms with E-state index >= 15 is 0 Å². The fourth-order valence-electron chi connectivity index (χ4n) is 0.102. The Morgan fingerprint density at radius 1 is 1.00 bits per heavy atom. The molecular weight excluding hydrogens is 280 g/mol. The Bertz CT molecular complexity index is 263. The summed E-state index contributed by atoms with van der Waals surface area (Å²) in [5, 5.41) is 0. The summed E-state index contributed by atoms with van der Waals surface area (Å²) < 4.78 is 103. The molecule has 0 fully saturated rings. The van der Waals surface area contributed by atoms with Crippen molar-refractivity contribution in [2.24, 2.45) is 0 Å². The average Bonchev–Trinajstić information content (AvgIpc) is 2.02. The smallest absolute Gasteiger partial charge is 0.435 e. The van der Waals surface area contributed by atoms with Gasteiger partial charge in [-0.2, -0.15) is 21.6 Å². The third-order valence-corrected chi connectivity index (χ3v) is 0.330. The second kappa shape index (κ2) is 12.0. The van der Waals surface area contributed by atoms with E-state index in [-0.39, 0.29) is 0 Å². The van der Waals surface area contributed by atoms with Crippen LogP contribution in [0.5, 0.6) is 0 Å². The zero-order valence-corrected chi connectivity index (χ0v) is 7.89. The van der Waals surface area contributed by atoms with Crippen LogP contribution in [0.3, 0.4) is 0 Å². The molecule has 100 valence electrons. The molecule has 0 radical (unpaired) electrons. The van der Waals surface area contributed by atoms with Crippen LogP contribution in [0, 0.1) is 0 Å². The van der Waals surface area contributed by atoms with Crippen molar-refractivity contribution >= 4 is 10.6 Å². The average molecular weight is 284 g/mol. The summed E-state index contributed by atoms with van der Waals surface area (Å²) in [6.45, 7) is -3.33. The van der Waals surface area contributed by atoms with Crippen LogP contribution in [0.4, 0.5) is 34.1 Å². The molecule has 0 unspecified atom stereocenters. The lowest BCUT2D eigenvalue weighted by Gasteiger charge is -1.90. The third kappa shape index (κ3) is 52.3. The molecule has 0 bridgehead atoms. The number of hydrogen-bond donors (Lipinski definition) is 0. The van der Waals surface area contributed by atoms with Gasteiger partial charge in [0.05, 0.1) is 0 Å². The maximum atomic E-state index is 11.2. The number of ether oxygens (including phenoxy) is 1. The van der Waals surface area contributed by atoms with Gasteiger partial charge >= 0.3 is 22.7 Å². The maximum Gasteiger partial charge on any atom is 0.476 e. The predicted octanol–water partition coefficient (Wildman–Crippen LogP) is 3.02. The van der Waals surface area contributed by atoms with Gasteiger partial charge in [-0.3, -0.25) is 0 Å². The van der Waals surface area contributed by atoms with Crippen molar-refractivity contribution in [3.8, 4) is 0 Å². The lowest BCUT2D eigenvalue weighted by Crippen LogP contribution is -1.83. The Kier molecular flexibility index (Phi) is 15.3. The van der Waals surface area contributed by atoms with Gasteiger partial charge in [0.15, 0.2) is 0 Å². The monoisotopic (exact) mass is 284 g/mol. The van der Waals surface area contributed by atoms with E-state index in [1.54, 1.807) is 0 Å². The molecule has 0 atom stereocenters. The van der Waals surface area contributed by atoms with Crippen molar-refractivity contribution < 1.29 is 47.3 Å². The fourth-order valence-corrected chi connectivity index (χ4v) is 0.102. The molecule has 0 N–H and O–H groups in total. The highest BCUT2D eigenvalue weighted by atomic mass is 32.3. The van der Waals surface area contributed by atoms with E-state index in [2.05, 4.69) is 4.74 Å². The summed E-state index contributed by atoms with van der Waals surface area (Å²) in [7, 11) is -5.67. The van der Waals surface area contributed by atoms with Gasteiger partial charge in [0.1, 0.15) is 0 Å². The highest BCUT2D eigenvalue weighted by Gasteiger charge is 2.03. The lowest BCUT2D eigenvalue weighted by molar-refractivity contribution is 0.0563. The van der Waals surface area contributed by atoms with Crippen molar-refractivity contribution in [3.63, 3.8) is 0 Å². The molecule has 3 nitrogen and oxygen atoms in total. The van der Waals surface area contributed by atoms with Crippen LogP contribution in [0.1, 0.15) is 0 Å². The van der Waals surface area contributed by atoms with E-state index in [1.807, 2.05) is 0 Å². The van der Waals surface area contributed by atoms with Gasteiger partial charge in [0, 0.05) is 0 Å². The summed E-state index contributed by atoms with van der Waals surface area (Å²) in [5.74, 6) is 0. The number of hydrogen-bond acceptors (Lipinski definition) is 3. The Labute approximate surface area is 84.8 Å². The van der Waals surface area contributed by atoms with Gasteiger partial charge in [-0.05, 0) is 0 Å². The first-order chi connectivity index (χ1) is 7.09. The van der Waals surface area contributed by atoms with Crippen molar-refractivity contribution in [1.82, 2.24) is 0 Å². The predicted molar refractivity (Wildman–Crippen MR) is 35.6 cm³/mol. The Balaban J connectivity index is -0.000000181. The van der Waals surface area contributed by atoms with Crippen LogP contribution in [0.2, 0.25) is 0 Å². The minimum Gasteiger partial charge on any atom is -0.435 e.